The molecule has 1 aromatic carbocycles. The van der Waals surface area contributed by atoms with Gasteiger partial charge in [-0.15, -0.1) is 0 Å². The van der Waals surface area contributed by atoms with Gasteiger partial charge in [0.1, 0.15) is 0 Å². The van der Waals surface area contributed by atoms with Crippen LogP contribution < -0.4 is 0 Å². The molecule has 136 valence electrons. The predicted octanol–water partition coefficient (Wildman–Crippen LogP) is 7.62. The molecule has 1 aromatic rings. The Bertz CT molecular complexity index is 475. The van der Waals surface area contributed by atoms with E-state index in [1.54, 1.807) is 11.1 Å². The van der Waals surface area contributed by atoms with E-state index in [2.05, 4.69) is 45.9 Å². The standard InChI is InChI=1S/C24H40/c1-5-20(6-2)13-12-18-24(16-10-9-11-17-24)23-19-21(7-3)14-15-22(23)8-4/h14-15,19-20H,5-13,16-18H2,1-4H3. The molecule has 0 amide bonds. The van der Waals surface area contributed by atoms with Gasteiger partial charge in [0.2, 0.25) is 0 Å². The first kappa shape index (κ1) is 19.5. The highest BCUT2D eigenvalue weighted by atomic mass is 14.4. The molecule has 0 bridgehead atoms. The van der Waals surface area contributed by atoms with E-state index in [9.17, 15) is 0 Å². The fraction of sp³-hybridized carbons (Fsp3) is 0.750. The quantitative estimate of drug-likeness (QED) is 0.437. The molecule has 2 rings (SSSR count). The van der Waals surface area contributed by atoms with Crippen LogP contribution in [-0.2, 0) is 18.3 Å². The lowest BCUT2D eigenvalue weighted by Gasteiger charge is -2.40. The van der Waals surface area contributed by atoms with Gasteiger partial charge < -0.3 is 0 Å². The maximum Gasteiger partial charge on any atom is -0.00441 e. The molecule has 0 nitrogen and oxygen atoms in total. The Morgan fingerprint density at radius 2 is 1.62 bits per heavy atom. The molecule has 1 fully saturated rings. The summed E-state index contributed by atoms with van der Waals surface area (Å²) < 4.78 is 0. The molecule has 0 N–H and O–H groups in total. The highest BCUT2D eigenvalue weighted by molar-refractivity contribution is 5.38. The van der Waals surface area contributed by atoms with Crippen LogP contribution in [0.4, 0.5) is 0 Å². The van der Waals surface area contributed by atoms with Crippen molar-refractivity contribution in [2.45, 2.75) is 110 Å². The molecule has 24 heavy (non-hydrogen) atoms. The average molecular weight is 329 g/mol. The van der Waals surface area contributed by atoms with Gasteiger partial charge in [0.15, 0.2) is 0 Å². The Morgan fingerprint density at radius 1 is 0.917 bits per heavy atom. The Morgan fingerprint density at radius 3 is 2.21 bits per heavy atom. The summed E-state index contributed by atoms with van der Waals surface area (Å²) in [5.41, 5.74) is 5.37. The minimum atomic E-state index is 0.487. The van der Waals surface area contributed by atoms with Crippen molar-refractivity contribution in [3.05, 3.63) is 34.9 Å². The molecule has 0 atom stereocenters. The van der Waals surface area contributed by atoms with Gasteiger partial charge >= 0.3 is 0 Å². The van der Waals surface area contributed by atoms with Crippen molar-refractivity contribution < 1.29 is 0 Å². The number of benzene rings is 1. The van der Waals surface area contributed by atoms with Crippen molar-refractivity contribution in [3.63, 3.8) is 0 Å². The molecule has 1 saturated carbocycles. The van der Waals surface area contributed by atoms with E-state index in [1.807, 2.05) is 0 Å². The summed E-state index contributed by atoms with van der Waals surface area (Å²) in [6, 6.07) is 7.38. The van der Waals surface area contributed by atoms with Crippen LogP contribution in [0.2, 0.25) is 0 Å². The molecule has 1 aliphatic carbocycles. The minimum Gasteiger partial charge on any atom is -0.0651 e. The Balaban J connectivity index is 2.23. The second-order valence-electron chi connectivity index (χ2n) is 8.11. The van der Waals surface area contributed by atoms with Gasteiger partial charge in [0.05, 0.1) is 0 Å². The number of rotatable bonds is 9. The van der Waals surface area contributed by atoms with E-state index in [-0.39, 0.29) is 0 Å². The van der Waals surface area contributed by atoms with Crippen molar-refractivity contribution in [1.29, 1.82) is 0 Å². The maximum atomic E-state index is 2.58. The number of aryl methyl sites for hydroxylation is 2. The molecule has 0 aromatic heterocycles. The molecule has 0 aliphatic heterocycles. The van der Waals surface area contributed by atoms with Crippen LogP contribution in [0.25, 0.3) is 0 Å². The third-order valence-corrected chi connectivity index (χ3v) is 6.77. The zero-order valence-corrected chi connectivity index (χ0v) is 16.8. The minimum absolute atomic E-state index is 0.487. The molecule has 0 saturated heterocycles. The van der Waals surface area contributed by atoms with Gasteiger partial charge in [-0.1, -0.05) is 90.8 Å². The zero-order valence-electron chi connectivity index (χ0n) is 16.8. The van der Waals surface area contributed by atoms with Crippen LogP contribution in [0.3, 0.4) is 0 Å². The highest BCUT2D eigenvalue weighted by Gasteiger charge is 2.35. The summed E-state index contributed by atoms with van der Waals surface area (Å²) >= 11 is 0. The van der Waals surface area contributed by atoms with E-state index >= 15 is 0 Å². The summed E-state index contributed by atoms with van der Waals surface area (Å²) in [5, 5.41) is 0. The Labute approximate surface area is 151 Å². The smallest absolute Gasteiger partial charge is 0.00441 e. The van der Waals surface area contributed by atoms with Crippen LogP contribution >= 0.6 is 0 Å². The lowest BCUT2D eigenvalue weighted by atomic mass is 9.64. The predicted molar refractivity (Wildman–Crippen MR) is 108 cm³/mol. The summed E-state index contributed by atoms with van der Waals surface area (Å²) in [6.07, 6.45) is 16.5. The molecular weight excluding hydrogens is 288 g/mol. The molecule has 0 heteroatoms. The van der Waals surface area contributed by atoms with Crippen LogP contribution in [0, 0.1) is 5.92 Å². The molecule has 0 unspecified atom stereocenters. The zero-order chi connectivity index (χ0) is 17.4. The van der Waals surface area contributed by atoms with Gasteiger partial charge in [-0.3, -0.25) is 0 Å². The molecule has 0 spiro atoms. The summed E-state index contributed by atoms with van der Waals surface area (Å²) in [5.74, 6) is 0.943. The Kier molecular flexibility index (Phi) is 7.85. The molecular formula is C24H40. The van der Waals surface area contributed by atoms with E-state index in [1.165, 1.54) is 82.6 Å². The van der Waals surface area contributed by atoms with Gasteiger partial charge in [-0.05, 0) is 60.1 Å². The highest BCUT2D eigenvalue weighted by Crippen LogP contribution is 2.45. The molecule has 0 heterocycles. The van der Waals surface area contributed by atoms with E-state index in [4.69, 9.17) is 0 Å². The summed E-state index contributed by atoms with van der Waals surface area (Å²) in [7, 11) is 0. The van der Waals surface area contributed by atoms with Crippen LogP contribution in [0.5, 0.6) is 0 Å². The van der Waals surface area contributed by atoms with Crippen LogP contribution in [0.15, 0.2) is 18.2 Å². The fourth-order valence-electron chi connectivity index (χ4n) is 4.95. The molecule has 0 radical (unpaired) electrons. The lowest BCUT2D eigenvalue weighted by Crippen LogP contribution is -2.30. The lowest BCUT2D eigenvalue weighted by molar-refractivity contribution is 0.256. The van der Waals surface area contributed by atoms with Crippen molar-refractivity contribution in [2.75, 3.05) is 0 Å². The van der Waals surface area contributed by atoms with E-state index in [0.717, 1.165) is 5.92 Å². The first-order valence-corrected chi connectivity index (χ1v) is 10.8. The van der Waals surface area contributed by atoms with Crippen molar-refractivity contribution in [3.8, 4) is 0 Å². The van der Waals surface area contributed by atoms with Crippen molar-refractivity contribution in [1.82, 2.24) is 0 Å². The first-order chi connectivity index (χ1) is 11.7. The third-order valence-electron chi connectivity index (χ3n) is 6.77. The first-order valence-electron chi connectivity index (χ1n) is 10.8. The topological polar surface area (TPSA) is 0 Å². The van der Waals surface area contributed by atoms with Gasteiger partial charge in [-0.2, -0.15) is 0 Å². The number of hydrogen-bond donors (Lipinski definition) is 0. The number of hydrogen-bond acceptors (Lipinski definition) is 0. The second-order valence-corrected chi connectivity index (χ2v) is 8.11. The third kappa shape index (κ3) is 4.64. The van der Waals surface area contributed by atoms with E-state index in [0.29, 0.717) is 5.41 Å². The van der Waals surface area contributed by atoms with Gasteiger partial charge in [-0.25, -0.2) is 0 Å². The average Bonchev–Trinajstić information content (AvgIpc) is 2.65. The molecule has 1 aliphatic rings. The summed E-state index contributed by atoms with van der Waals surface area (Å²) in [4.78, 5) is 0. The van der Waals surface area contributed by atoms with Gasteiger partial charge in [0.25, 0.3) is 0 Å². The SMILES string of the molecule is CCc1ccc(CC)c(C2(CCCC(CC)CC)CCCCC2)c1. The van der Waals surface area contributed by atoms with Crippen LogP contribution in [0.1, 0.15) is 109 Å². The maximum absolute atomic E-state index is 2.58. The van der Waals surface area contributed by atoms with E-state index < -0.39 is 0 Å². The van der Waals surface area contributed by atoms with Gasteiger partial charge in [0, 0.05) is 0 Å². The fourth-order valence-corrected chi connectivity index (χ4v) is 4.95. The van der Waals surface area contributed by atoms with Crippen molar-refractivity contribution in [2.24, 2.45) is 5.92 Å². The van der Waals surface area contributed by atoms with Crippen LogP contribution in [-0.4, -0.2) is 0 Å². The monoisotopic (exact) mass is 328 g/mol. The second kappa shape index (κ2) is 9.64. The normalized spacial score (nSPS) is 17.4. The summed E-state index contributed by atoms with van der Waals surface area (Å²) in [6.45, 7) is 9.37. The Hall–Kier alpha value is -0.780. The largest absolute Gasteiger partial charge is 0.0651 e. The van der Waals surface area contributed by atoms with Crippen molar-refractivity contribution >= 4 is 0 Å².